The van der Waals surface area contributed by atoms with Crippen LogP contribution in [0.1, 0.15) is 65.7 Å². The van der Waals surface area contributed by atoms with Gasteiger partial charge in [-0.3, -0.25) is 4.79 Å². The monoisotopic (exact) mass is 440 g/mol. The number of hydrogen-bond acceptors (Lipinski definition) is 4. The topological polar surface area (TPSA) is 63.6 Å². The van der Waals surface area contributed by atoms with Crippen LogP contribution in [0.4, 0.5) is 8.78 Å². The zero-order valence-corrected chi connectivity index (χ0v) is 18.2. The molecule has 1 fully saturated rings. The molecular formula is C26H26F2O4. The molecule has 0 saturated heterocycles. The minimum Gasteiger partial charge on any atom is -0.458 e. The van der Waals surface area contributed by atoms with Crippen LogP contribution in [0.3, 0.4) is 0 Å². The van der Waals surface area contributed by atoms with E-state index in [1.807, 2.05) is 6.92 Å². The Morgan fingerprint density at radius 1 is 0.906 bits per heavy atom. The smallest absolute Gasteiger partial charge is 0.185 e. The van der Waals surface area contributed by atoms with E-state index in [-0.39, 0.29) is 23.3 Å². The fourth-order valence-electron chi connectivity index (χ4n) is 4.49. The summed E-state index contributed by atoms with van der Waals surface area (Å²) in [4.78, 5) is 10.5. The summed E-state index contributed by atoms with van der Waals surface area (Å²) in [5.74, 6) is 0.490. The standard InChI is InChI=1S/C16H19FO2.C10H7FO2/c1-10-13-8-7-12(17)9-14(13)19-16(10)15(18)11-5-3-2-4-6-11;1-6-8-3-2-7(11)4-9(8)13-10(6)5-12/h7-9,11,15,18H,2-6H2,1H3;2-5H,1H3. The number of aliphatic hydroxyl groups excluding tert-OH is 1. The van der Waals surface area contributed by atoms with Crippen molar-refractivity contribution in [3.8, 4) is 0 Å². The van der Waals surface area contributed by atoms with Gasteiger partial charge in [-0.15, -0.1) is 0 Å². The van der Waals surface area contributed by atoms with Gasteiger partial charge in [0.25, 0.3) is 0 Å². The molecule has 6 heteroatoms. The quantitative estimate of drug-likeness (QED) is 0.343. The van der Waals surface area contributed by atoms with Crippen molar-refractivity contribution in [2.75, 3.05) is 0 Å². The van der Waals surface area contributed by atoms with Gasteiger partial charge in [-0.05, 0) is 56.9 Å². The Bertz CT molecular complexity index is 1250. The number of carbonyl (C=O) groups is 1. The van der Waals surface area contributed by atoms with Crippen molar-refractivity contribution in [2.24, 2.45) is 5.92 Å². The number of halogens is 2. The van der Waals surface area contributed by atoms with Crippen LogP contribution < -0.4 is 0 Å². The fourth-order valence-corrected chi connectivity index (χ4v) is 4.49. The molecule has 4 nitrogen and oxygen atoms in total. The van der Waals surface area contributed by atoms with Crippen LogP contribution in [0.25, 0.3) is 21.9 Å². The third kappa shape index (κ3) is 4.32. The second-order valence-corrected chi connectivity index (χ2v) is 8.42. The predicted molar refractivity (Wildman–Crippen MR) is 119 cm³/mol. The number of aldehydes is 1. The van der Waals surface area contributed by atoms with Crippen molar-refractivity contribution >= 4 is 28.2 Å². The Labute approximate surface area is 184 Å². The summed E-state index contributed by atoms with van der Waals surface area (Å²) in [5.41, 5.74) is 2.64. The van der Waals surface area contributed by atoms with Crippen LogP contribution in [0.2, 0.25) is 0 Å². The van der Waals surface area contributed by atoms with E-state index in [1.165, 1.54) is 43.5 Å². The van der Waals surface area contributed by atoms with Crippen LogP contribution in [0, 0.1) is 31.4 Å². The molecule has 0 radical (unpaired) electrons. The molecule has 1 atom stereocenters. The zero-order chi connectivity index (χ0) is 22.8. The molecule has 0 aliphatic heterocycles. The maximum atomic E-state index is 13.2. The van der Waals surface area contributed by atoms with Crippen molar-refractivity contribution in [3.63, 3.8) is 0 Å². The number of hydrogen-bond donors (Lipinski definition) is 1. The van der Waals surface area contributed by atoms with Gasteiger partial charge in [0.15, 0.2) is 12.0 Å². The average Bonchev–Trinajstić information content (AvgIpc) is 3.29. The number of furan rings is 2. The maximum Gasteiger partial charge on any atom is 0.185 e. The number of aryl methyl sites for hydroxylation is 2. The van der Waals surface area contributed by atoms with E-state index in [9.17, 15) is 18.7 Å². The van der Waals surface area contributed by atoms with Crippen molar-refractivity contribution in [2.45, 2.75) is 52.1 Å². The van der Waals surface area contributed by atoms with E-state index in [0.29, 0.717) is 23.2 Å². The van der Waals surface area contributed by atoms with Crippen molar-refractivity contribution in [3.05, 3.63) is 70.7 Å². The molecule has 2 heterocycles. The van der Waals surface area contributed by atoms with Crippen LogP contribution >= 0.6 is 0 Å². The van der Waals surface area contributed by atoms with Crippen molar-refractivity contribution in [1.82, 2.24) is 0 Å². The summed E-state index contributed by atoms with van der Waals surface area (Å²) < 4.78 is 36.8. The molecule has 1 N–H and O–H groups in total. The molecule has 0 bridgehead atoms. The molecule has 168 valence electrons. The number of carbonyl (C=O) groups excluding carboxylic acids is 1. The number of aliphatic hydroxyl groups is 1. The van der Waals surface area contributed by atoms with Gasteiger partial charge in [0.1, 0.15) is 34.7 Å². The van der Waals surface area contributed by atoms with E-state index in [4.69, 9.17) is 8.83 Å². The summed E-state index contributed by atoms with van der Waals surface area (Å²) in [6.07, 6.45) is 5.78. The lowest BCUT2D eigenvalue weighted by Crippen LogP contribution is -2.16. The van der Waals surface area contributed by atoms with E-state index < -0.39 is 6.10 Å². The third-order valence-electron chi connectivity index (χ3n) is 6.35. The Balaban J connectivity index is 0.000000165. The Morgan fingerprint density at radius 2 is 1.47 bits per heavy atom. The van der Waals surface area contributed by atoms with Gasteiger partial charge in [-0.2, -0.15) is 0 Å². The highest BCUT2D eigenvalue weighted by Crippen LogP contribution is 2.38. The van der Waals surface area contributed by atoms with Crippen LogP contribution in [-0.4, -0.2) is 11.4 Å². The Hall–Kier alpha value is -2.99. The molecule has 1 unspecified atom stereocenters. The molecule has 0 spiro atoms. The minimum atomic E-state index is -0.559. The van der Waals surface area contributed by atoms with E-state index in [2.05, 4.69) is 0 Å². The van der Waals surface area contributed by atoms with Gasteiger partial charge in [0.05, 0.1) is 0 Å². The molecule has 2 aromatic heterocycles. The Morgan fingerprint density at radius 3 is 2.06 bits per heavy atom. The second-order valence-electron chi connectivity index (χ2n) is 8.42. The minimum absolute atomic E-state index is 0.264. The van der Waals surface area contributed by atoms with Gasteiger partial charge in [-0.25, -0.2) is 8.78 Å². The predicted octanol–water partition coefficient (Wildman–Crippen LogP) is 7.19. The molecular weight excluding hydrogens is 414 g/mol. The van der Waals surface area contributed by atoms with Gasteiger partial charge in [-0.1, -0.05) is 19.3 Å². The highest BCUT2D eigenvalue weighted by Gasteiger charge is 2.27. The van der Waals surface area contributed by atoms with Crippen LogP contribution in [-0.2, 0) is 0 Å². The van der Waals surface area contributed by atoms with Crippen molar-refractivity contribution in [1.29, 1.82) is 0 Å². The van der Waals surface area contributed by atoms with Crippen molar-refractivity contribution < 1.29 is 27.5 Å². The molecule has 1 saturated carbocycles. The lowest BCUT2D eigenvalue weighted by Gasteiger charge is -2.25. The highest BCUT2D eigenvalue weighted by atomic mass is 19.1. The van der Waals surface area contributed by atoms with Gasteiger partial charge in [0.2, 0.25) is 0 Å². The first-order valence-electron chi connectivity index (χ1n) is 10.9. The largest absolute Gasteiger partial charge is 0.458 e. The van der Waals surface area contributed by atoms with Crippen LogP contribution in [0.15, 0.2) is 45.2 Å². The van der Waals surface area contributed by atoms with E-state index in [0.717, 1.165) is 34.7 Å². The highest BCUT2D eigenvalue weighted by molar-refractivity contribution is 5.89. The first-order valence-corrected chi connectivity index (χ1v) is 10.9. The number of benzene rings is 2. The first kappa shape index (κ1) is 22.2. The molecule has 32 heavy (non-hydrogen) atoms. The Kier molecular flexibility index (Phi) is 6.42. The molecule has 1 aliphatic carbocycles. The normalized spacial score (nSPS) is 15.5. The zero-order valence-electron chi connectivity index (χ0n) is 18.2. The third-order valence-corrected chi connectivity index (χ3v) is 6.35. The molecule has 4 aromatic rings. The lowest BCUT2D eigenvalue weighted by molar-refractivity contribution is 0.0661. The molecule has 0 amide bonds. The fraction of sp³-hybridized carbons (Fsp3) is 0.346. The van der Waals surface area contributed by atoms with Gasteiger partial charge in [0, 0.05) is 34.0 Å². The molecule has 5 rings (SSSR count). The lowest BCUT2D eigenvalue weighted by atomic mass is 9.84. The second kappa shape index (κ2) is 9.25. The molecule has 1 aliphatic rings. The summed E-state index contributed by atoms with van der Waals surface area (Å²) in [5, 5.41) is 12.2. The van der Waals surface area contributed by atoms with E-state index in [1.54, 1.807) is 19.1 Å². The number of rotatable bonds is 3. The SMILES string of the molecule is Cc1c(C(O)C2CCCCC2)oc2cc(F)ccc12.Cc1c(C=O)oc2cc(F)ccc12. The summed E-state index contributed by atoms with van der Waals surface area (Å²) >= 11 is 0. The molecule has 2 aromatic carbocycles. The van der Waals surface area contributed by atoms with Crippen LogP contribution in [0.5, 0.6) is 0 Å². The number of fused-ring (bicyclic) bond motifs is 2. The van der Waals surface area contributed by atoms with Gasteiger partial charge < -0.3 is 13.9 Å². The van der Waals surface area contributed by atoms with Gasteiger partial charge >= 0.3 is 0 Å². The summed E-state index contributed by atoms with van der Waals surface area (Å²) in [7, 11) is 0. The van der Waals surface area contributed by atoms with E-state index >= 15 is 0 Å². The first-order chi connectivity index (χ1) is 15.4. The maximum absolute atomic E-state index is 13.2. The average molecular weight is 440 g/mol. The summed E-state index contributed by atoms with van der Waals surface area (Å²) in [6, 6.07) is 8.77. The summed E-state index contributed by atoms with van der Waals surface area (Å²) in [6.45, 7) is 3.71.